The van der Waals surface area contributed by atoms with Crippen LogP contribution in [0.3, 0.4) is 0 Å². The number of nitrogens with one attached hydrogen (secondary N) is 2. The third kappa shape index (κ3) is 5.63. The highest BCUT2D eigenvalue weighted by Crippen LogP contribution is 2.29. The van der Waals surface area contributed by atoms with Crippen LogP contribution in [0.2, 0.25) is 0 Å². The van der Waals surface area contributed by atoms with E-state index in [4.69, 9.17) is 0 Å². The van der Waals surface area contributed by atoms with Crippen molar-refractivity contribution >= 4 is 45.5 Å². The van der Waals surface area contributed by atoms with Gasteiger partial charge in [-0.3, -0.25) is 4.79 Å². The first-order valence-electron chi connectivity index (χ1n) is 10.6. The molecule has 29 heavy (non-hydrogen) atoms. The lowest BCUT2D eigenvalue weighted by atomic mass is 9.96. The van der Waals surface area contributed by atoms with Gasteiger partial charge in [0.15, 0.2) is 4.34 Å². The molecule has 8 heteroatoms. The Morgan fingerprint density at radius 3 is 2.72 bits per heavy atom. The van der Waals surface area contributed by atoms with Crippen molar-refractivity contribution in [3.8, 4) is 0 Å². The molecule has 1 aromatic heterocycles. The summed E-state index contributed by atoms with van der Waals surface area (Å²) in [5.74, 6) is 0.328. The van der Waals surface area contributed by atoms with Crippen molar-refractivity contribution in [1.82, 2.24) is 10.2 Å². The zero-order valence-corrected chi connectivity index (χ0v) is 18.6. The van der Waals surface area contributed by atoms with Crippen molar-refractivity contribution in [3.05, 3.63) is 23.8 Å². The zero-order valence-electron chi connectivity index (χ0n) is 16.9. The molecule has 1 amide bonds. The van der Waals surface area contributed by atoms with Gasteiger partial charge in [-0.05, 0) is 56.4 Å². The predicted molar refractivity (Wildman–Crippen MR) is 122 cm³/mol. The second-order valence-electron chi connectivity index (χ2n) is 7.88. The topological polar surface area (TPSA) is 70.2 Å². The molecule has 2 aromatic rings. The van der Waals surface area contributed by atoms with Gasteiger partial charge in [0.05, 0.1) is 5.75 Å². The number of carbonyl (C=O) groups is 1. The van der Waals surface area contributed by atoms with Gasteiger partial charge in [-0.2, -0.15) is 0 Å². The molecule has 1 aliphatic carbocycles. The van der Waals surface area contributed by atoms with Crippen LogP contribution in [0.4, 0.5) is 16.5 Å². The minimum Gasteiger partial charge on any atom is -0.372 e. The van der Waals surface area contributed by atoms with E-state index in [0.29, 0.717) is 11.8 Å². The molecular formula is C21H29N5OS2. The van der Waals surface area contributed by atoms with E-state index < -0.39 is 0 Å². The van der Waals surface area contributed by atoms with E-state index in [1.54, 1.807) is 0 Å². The fourth-order valence-electron chi connectivity index (χ4n) is 4.02. The number of amides is 1. The number of hydrogen-bond donors (Lipinski definition) is 2. The molecule has 0 bridgehead atoms. The maximum Gasteiger partial charge on any atom is 0.234 e. The molecule has 1 aromatic carbocycles. The van der Waals surface area contributed by atoms with Gasteiger partial charge in [0, 0.05) is 30.5 Å². The Bertz CT molecular complexity index is 828. The third-order valence-electron chi connectivity index (χ3n) is 5.62. The van der Waals surface area contributed by atoms with Crippen LogP contribution < -0.4 is 15.5 Å². The molecule has 1 saturated carbocycles. The quantitative estimate of drug-likeness (QED) is 0.606. The predicted octanol–water partition coefficient (Wildman–Crippen LogP) is 4.92. The molecule has 2 heterocycles. The molecule has 4 rings (SSSR count). The Balaban J connectivity index is 1.25. The molecule has 0 radical (unpaired) electrons. The van der Waals surface area contributed by atoms with Crippen LogP contribution in [0, 0.1) is 6.92 Å². The molecule has 0 spiro atoms. The highest BCUT2D eigenvalue weighted by Gasteiger charge is 2.16. The average molecular weight is 432 g/mol. The van der Waals surface area contributed by atoms with E-state index in [-0.39, 0.29) is 5.91 Å². The lowest BCUT2D eigenvalue weighted by Crippen LogP contribution is -2.21. The highest BCUT2D eigenvalue weighted by molar-refractivity contribution is 8.01. The van der Waals surface area contributed by atoms with E-state index >= 15 is 0 Å². The van der Waals surface area contributed by atoms with Crippen molar-refractivity contribution in [1.29, 1.82) is 0 Å². The van der Waals surface area contributed by atoms with E-state index in [9.17, 15) is 4.79 Å². The largest absolute Gasteiger partial charge is 0.372 e. The Morgan fingerprint density at radius 1 is 1.17 bits per heavy atom. The number of carbonyl (C=O) groups excluding carboxylic acids is 1. The molecule has 1 saturated heterocycles. The summed E-state index contributed by atoms with van der Waals surface area (Å²) in [6.45, 7) is 4.30. The van der Waals surface area contributed by atoms with Gasteiger partial charge >= 0.3 is 0 Å². The van der Waals surface area contributed by atoms with Gasteiger partial charge in [-0.25, -0.2) is 0 Å². The molecule has 6 nitrogen and oxygen atoms in total. The van der Waals surface area contributed by atoms with Crippen molar-refractivity contribution in [3.63, 3.8) is 0 Å². The number of hydrogen-bond acceptors (Lipinski definition) is 7. The van der Waals surface area contributed by atoms with Crippen LogP contribution in [0.1, 0.15) is 50.5 Å². The van der Waals surface area contributed by atoms with E-state index in [1.165, 1.54) is 73.7 Å². The fraction of sp³-hybridized carbons (Fsp3) is 0.571. The number of thioether (sulfide) groups is 1. The van der Waals surface area contributed by atoms with Crippen LogP contribution in [-0.2, 0) is 4.79 Å². The van der Waals surface area contributed by atoms with Crippen LogP contribution in [-0.4, -0.2) is 41.0 Å². The van der Waals surface area contributed by atoms with Crippen LogP contribution in [0.15, 0.2) is 22.5 Å². The summed E-state index contributed by atoms with van der Waals surface area (Å²) >= 11 is 2.98. The Morgan fingerprint density at radius 2 is 1.97 bits per heavy atom. The summed E-state index contributed by atoms with van der Waals surface area (Å²) < 4.78 is 0.833. The maximum absolute atomic E-state index is 12.4. The minimum atomic E-state index is -0.0102. The molecule has 156 valence electrons. The van der Waals surface area contributed by atoms with Crippen molar-refractivity contribution in [2.24, 2.45) is 0 Å². The van der Waals surface area contributed by atoms with E-state index in [1.807, 2.05) is 6.07 Å². The van der Waals surface area contributed by atoms with Crippen molar-refractivity contribution < 1.29 is 4.79 Å². The van der Waals surface area contributed by atoms with Gasteiger partial charge in [0.1, 0.15) is 0 Å². The molecule has 2 aliphatic rings. The molecule has 1 aliphatic heterocycles. The molecule has 0 unspecified atom stereocenters. The number of aryl methyl sites for hydroxylation is 1. The first-order valence-corrected chi connectivity index (χ1v) is 12.4. The SMILES string of the molecule is Cc1cc(N2CCCC2)ccc1NC(=O)CSc1nnc(NC2CCCCC2)s1. The standard InChI is InChI=1S/C21H29N5OS2/c1-15-13-17(26-11-5-6-12-26)9-10-18(15)23-19(27)14-28-21-25-24-20(29-21)22-16-7-3-2-4-8-16/h9-10,13,16H,2-8,11-12,14H2,1H3,(H,22,24)(H,23,27). The third-order valence-corrected chi connectivity index (χ3v) is 7.61. The van der Waals surface area contributed by atoms with Gasteiger partial charge in [-0.15, -0.1) is 10.2 Å². The normalized spacial score (nSPS) is 17.5. The van der Waals surface area contributed by atoms with E-state index in [0.717, 1.165) is 33.8 Å². The number of benzene rings is 1. The second-order valence-corrected chi connectivity index (χ2v) is 10.1. The number of nitrogens with zero attached hydrogens (tertiary/aromatic N) is 3. The number of anilines is 3. The zero-order chi connectivity index (χ0) is 20.1. The summed E-state index contributed by atoms with van der Waals surface area (Å²) in [5.41, 5.74) is 3.23. The van der Waals surface area contributed by atoms with Crippen LogP contribution >= 0.6 is 23.1 Å². The highest BCUT2D eigenvalue weighted by atomic mass is 32.2. The Kier molecular flexibility index (Phi) is 6.92. The molecule has 2 N–H and O–H groups in total. The average Bonchev–Trinajstić information content (AvgIpc) is 3.41. The lowest BCUT2D eigenvalue weighted by molar-refractivity contribution is -0.113. The molecular weight excluding hydrogens is 402 g/mol. The second kappa shape index (κ2) is 9.80. The van der Waals surface area contributed by atoms with Crippen molar-refractivity contribution in [2.45, 2.75) is 62.3 Å². The Hall–Kier alpha value is -1.80. The van der Waals surface area contributed by atoms with Crippen LogP contribution in [0.25, 0.3) is 0 Å². The fourth-order valence-corrected chi connectivity index (χ4v) is 5.65. The van der Waals surface area contributed by atoms with Gasteiger partial charge < -0.3 is 15.5 Å². The van der Waals surface area contributed by atoms with E-state index in [2.05, 4.69) is 44.8 Å². The first kappa shape index (κ1) is 20.5. The number of aromatic nitrogens is 2. The number of rotatable bonds is 7. The van der Waals surface area contributed by atoms with Gasteiger partial charge in [-0.1, -0.05) is 42.4 Å². The van der Waals surface area contributed by atoms with Gasteiger partial charge in [0.25, 0.3) is 0 Å². The molecule has 0 atom stereocenters. The summed E-state index contributed by atoms with van der Waals surface area (Å²) in [6.07, 6.45) is 8.86. The van der Waals surface area contributed by atoms with Gasteiger partial charge in [0.2, 0.25) is 11.0 Å². The summed E-state index contributed by atoms with van der Waals surface area (Å²) in [7, 11) is 0. The van der Waals surface area contributed by atoms with Crippen LogP contribution in [0.5, 0.6) is 0 Å². The monoisotopic (exact) mass is 431 g/mol. The Labute approximate surface area is 180 Å². The summed E-state index contributed by atoms with van der Waals surface area (Å²) in [4.78, 5) is 14.8. The molecule has 2 fully saturated rings. The first-order chi connectivity index (χ1) is 14.2. The summed E-state index contributed by atoms with van der Waals surface area (Å²) in [5, 5.41) is 15.8. The smallest absolute Gasteiger partial charge is 0.234 e. The van der Waals surface area contributed by atoms with Crippen molar-refractivity contribution in [2.75, 3.05) is 34.4 Å². The minimum absolute atomic E-state index is 0.0102. The maximum atomic E-state index is 12.4. The summed E-state index contributed by atoms with van der Waals surface area (Å²) in [6, 6.07) is 6.81. The lowest BCUT2D eigenvalue weighted by Gasteiger charge is -2.21.